The Kier molecular flexibility index (Phi) is 4.74. The first-order valence-electron chi connectivity index (χ1n) is 8.15. The number of carboxylic acid groups (broad SMARTS) is 1. The summed E-state index contributed by atoms with van der Waals surface area (Å²) in [6.07, 6.45) is 2.30. The predicted octanol–water partition coefficient (Wildman–Crippen LogP) is 0.225. The van der Waals surface area contributed by atoms with E-state index in [-0.39, 0.29) is 25.2 Å². The van der Waals surface area contributed by atoms with Gasteiger partial charge in [-0.25, -0.2) is 4.79 Å². The predicted molar refractivity (Wildman–Crippen MR) is 87.4 cm³/mol. The summed E-state index contributed by atoms with van der Waals surface area (Å²) < 4.78 is 11.0. The summed E-state index contributed by atoms with van der Waals surface area (Å²) in [6, 6.07) is 3.60. The van der Waals surface area contributed by atoms with Crippen LogP contribution in [0.15, 0.2) is 21.3 Å². The molecule has 0 bridgehead atoms. The van der Waals surface area contributed by atoms with Gasteiger partial charge in [-0.05, 0) is 43.9 Å². The summed E-state index contributed by atoms with van der Waals surface area (Å²) in [4.78, 5) is 34.1. The normalized spacial score (nSPS) is 12.8. The van der Waals surface area contributed by atoms with E-state index >= 15 is 0 Å². The third kappa shape index (κ3) is 3.50. The van der Waals surface area contributed by atoms with Crippen LogP contribution in [-0.4, -0.2) is 25.0 Å². The quantitative estimate of drug-likeness (QED) is 0.751. The summed E-state index contributed by atoms with van der Waals surface area (Å²) >= 11 is 0. The first-order valence-corrected chi connectivity index (χ1v) is 8.15. The summed E-state index contributed by atoms with van der Waals surface area (Å²) in [5.41, 5.74) is 2.64. The summed E-state index contributed by atoms with van der Waals surface area (Å²) in [5.74, 6) is -1.21. The van der Waals surface area contributed by atoms with Crippen molar-refractivity contribution >= 4 is 22.8 Å². The van der Waals surface area contributed by atoms with Crippen LogP contribution < -0.4 is 20.8 Å². The molecule has 1 aromatic heterocycles. The number of rotatable bonds is 6. The van der Waals surface area contributed by atoms with Crippen molar-refractivity contribution in [3.63, 3.8) is 0 Å². The van der Waals surface area contributed by atoms with Crippen molar-refractivity contribution in [2.45, 2.75) is 32.6 Å². The first-order chi connectivity index (χ1) is 12.0. The van der Waals surface area contributed by atoms with Crippen LogP contribution in [0.2, 0.25) is 0 Å². The third-order valence-corrected chi connectivity index (χ3v) is 4.35. The van der Waals surface area contributed by atoms with Gasteiger partial charge in [-0.1, -0.05) is 0 Å². The minimum absolute atomic E-state index is 0.0117. The highest BCUT2D eigenvalue weighted by Crippen LogP contribution is 2.32. The zero-order chi connectivity index (χ0) is 18.0. The number of carboxylic acids is 1. The molecule has 0 saturated heterocycles. The molecule has 0 spiro atoms. The number of carbonyl (C=O) groups excluding carboxylic acids is 2. The Hall–Kier alpha value is -2.83. The van der Waals surface area contributed by atoms with Crippen molar-refractivity contribution in [2.75, 3.05) is 13.2 Å². The molecule has 1 heterocycles. The number of nitrogens with one attached hydrogen (secondary N) is 1. The Morgan fingerprint density at radius 3 is 2.80 bits per heavy atom. The van der Waals surface area contributed by atoms with Gasteiger partial charge in [-0.15, -0.1) is 0 Å². The molecular weight excluding hydrogens is 326 g/mol. The van der Waals surface area contributed by atoms with E-state index in [4.69, 9.17) is 9.15 Å². The van der Waals surface area contributed by atoms with Gasteiger partial charge in [-0.2, -0.15) is 0 Å². The lowest BCUT2D eigenvalue weighted by molar-refractivity contribution is -0.305. The van der Waals surface area contributed by atoms with Crippen LogP contribution in [0.5, 0.6) is 5.75 Å². The second kappa shape index (κ2) is 6.96. The molecule has 0 aliphatic heterocycles. The Morgan fingerprint density at radius 1 is 1.28 bits per heavy atom. The molecule has 0 unspecified atom stereocenters. The maximum Gasteiger partial charge on any atom is 0.339 e. The maximum atomic E-state index is 12.1. The number of fused-ring (bicyclic) bond motifs is 3. The third-order valence-electron chi connectivity index (χ3n) is 4.35. The zero-order valence-electron chi connectivity index (χ0n) is 13.8. The van der Waals surface area contributed by atoms with Crippen LogP contribution >= 0.6 is 0 Å². The van der Waals surface area contributed by atoms with Crippen LogP contribution in [0.4, 0.5) is 0 Å². The number of amides is 1. The van der Waals surface area contributed by atoms with Crippen molar-refractivity contribution in [3.8, 4) is 5.75 Å². The van der Waals surface area contributed by atoms with Crippen molar-refractivity contribution in [1.82, 2.24) is 5.32 Å². The molecule has 0 radical (unpaired) electrons. The lowest BCUT2D eigenvalue weighted by atomic mass is 10.0. The van der Waals surface area contributed by atoms with Gasteiger partial charge in [0.2, 0.25) is 0 Å². The van der Waals surface area contributed by atoms with Gasteiger partial charge in [0.15, 0.2) is 6.61 Å². The lowest BCUT2D eigenvalue weighted by Gasteiger charge is -2.12. The Labute approximate surface area is 143 Å². The summed E-state index contributed by atoms with van der Waals surface area (Å²) in [5, 5.41) is 13.6. The largest absolute Gasteiger partial charge is 0.550 e. The van der Waals surface area contributed by atoms with Gasteiger partial charge < -0.3 is 24.4 Å². The van der Waals surface area contributed by atoms with Crippen LogP contribution in [0.1, 0.15) is 29.5 Å². The number of aryl methyl sites for hydroxylation is 2. The van der Waals surface area contributed by atoms with E-state index in [1.54, 1.807) is 13.0 Å². The first kappa shape index (κ1) is 17.0. The lowest BCUT2D eigenvalue weighted by Crippen LogP contribution is -2.33. The van der Waals surface area contributed by atoms with Crippen LogP contribution in [-0.2, 0) is 22.4 Å². The van der Waals surface area contributed by atoms with Gasteiger partial charge in [0.05, 0.1) is 0 Å². The van der Waals surface area contributed by atoms with Crippen LogP contribution in [0.3, 0.4) is 0 Å². The average molecular weight is 344 g/mol. The van der Waals surface area contributed by atoms with E-state index < -0.39 is 11.9 Å². The van der Waals surface area contributed by atoms with E-state index in [0.29, 0.717) is 16.9 Å². The Balaban J connectivity index is 1.76. The molecule has 0 saturated carbocycles. The monoisotopic (exact) mass is 344 g/mol. The van der Waals surface area contributed by atoms with E-state index in [1.807, 2.05) is 6.07 Å². The highest BCUT2D eigenvalue weighted by molar-refractivity contribution is 5.86. The molecule has 132 valence electrons. The summed E-state index contributed by atoms with van der Waals surface area (Å²) in [7, 11) is 0. The molecular formula is C18H18NO6-. The molecule has 0 fully saturated rings. The van der Waals surface area contributed by atoms with E-state index in [0.717, 1.165) is 35.8 Å². The zero-order valence-corrected chi connectivity index (χ0v) is 13.8. The molecule has 0 atom stereocenters. The van der Waals surface area contributed by atoms with Crippen LogP contribution in [0.25, 0.3) is 11.0 Å². The molecule has 3 rings (SSSR count). The van der Waals surface area contributed by atoms with E-state index in [2.05, 4.69) is 5.32 Å². The highest BCUT2D eigenvalue weighted by Gasteiger charge is 2.21. The Bertz CT molecular complexity index is 899. The SMILES string of the molecule is Cc1c(OCC(=O)NCCC(=O)[O-])ccc2c3c(c(=O)oc12)CCC3. The second-order valence-electron chi connectivity index (χ2n) is 6.03. The number of hydrogen-bond acceptors (Lipinski definition) is 6. The summed E-state index contributed by atoms with van der Waals surface area (Å²) in [6.45, 7) is 1.51. The molecule has 1 aliphatic rings. The Morgan fingerprint density at radius 2 is 2.04 bits per heavy atom. The van der Waals surface area contributed by atoms with Crippen molar-refractivity contribution in [2.24, 2.45) is 0 Å². The fraction of sp³-hybridized carbons (Fsp3) is 0.389. The van der Waals surface area contributed by atoms with E-state index in [9.17, 15) is 19.5 Å². The molecule has 1 aliphatic carbocycles. The van der Waals surface area contributed by atoms with Gasteiger partial charge in [0, 0.05) is 35.4 Å². The maximum absolute atomic E-state index is 12.1. The topological polar surface area (TPSA) is 109 Å². The second-order valence-corrected chi connectivity index (χ2v) is 6.03. The van der Waals surface area contributed by atoms with Gasteiger partial charge >= 0.3 is 5.63 Å². The van der Waals surface area contributed by atoms with Crippen LogP contribution in [0, 0.1) is 6.92 Å². The number of carbonyl (C=O) groups is 2. The van der Waals surface area contributed by atoms with Gasteiger partial charge in [0.25, 0.3) is 5.91 Å². The standard InChI is InChI=1S/C18H19NO6/c1-10-14(24-9-15(20)19-8-7-16(21)22)6-5-12-11-3-2-4-13(11)18(23)25-17(10)12/h5-6H,2-4,7-9H2,1H3,(H,19,20)(H,21,22)/p-1. The minimum atomic E-state index is -1.23. The average Bonchev–Trinajstić information content (AvgIpc) is 3.05. The van der Waals surface area contributed by atoms with Gasteiger partial charge in [-0.3, -0.25) is 4.79 Å². The number of hydrogen-bond donors (Lipinski definition) is 1. The van der Waals surface area contributed by atoms with E-state index in [1.165, 1.54) is 0 Å². The number of ether oxygens (including phenoxy) is 1. The fourth-order valence-corrected chi connectivity index (χ4v) is 3.12. The minimum Gasteiger partial charge on any atom is -0.550 e. The molecule has 7 nitrogen and oxygen atoms in total. The number of benzene rings is 1. The molecule has 25 heavy (non-hydrogen) atoms. The highest BCUT2D eigenvalue weighted by atomic mass is 16.5. The molecule has 2 aromatic rings. The van der Waals surface area contributed by atoms with Crippen molar-refractivity contribution < 1.29 is 23.8 Å². The molecule has 1 amide bonds. The van der Waals surface area contributed by atoms with Crippen molar-refractivity contribution in [3.05, 3.63) is 39.2 Å². The van der Waals surface area contributed by atoms with Crippen molar-refractivity contribution in [1.29, 1.82) is 0 Å². The molecule has 1 N–H and O–H groups in total. The number of aliphatic carboxylic acids is 1. The van der Waals surface area contributed by atoms with Gasteiger partial charge in [0.1, 0.15) is 11.3 Å². The smallest absolute Gasteiger partial charge is 0.339 e. The molecule has 7 heteroatoms. The molecule has 1 aromatic carbocycles. The fourth-order valence-electron chi connectivity index (χ4n) is 3.12.